The molecule has 2 saturated heterocycles. The van der Waals surface area contributed by atoms with Crippen molar-refractivity contribution < 1.29 is 9.53 Å². The average Bonchev–Trinajstić information content (AvgIpc) is 2.39. The molecular formula is C13H25N3O2. The van der Waals surface area contributed by atoms with Crippen molar-refractivity contribution in [3.63, 3.8) is 0 Å². The molecular weight excluding hydrogens is 230 g/mol. The number of amides is 1. The smallest absolute Gasteiger partial charge is 0.242 e. The summed E-state index contributed by atoms with van der Waals surface area (Å²) in [6, 6.07) is 0.553. The van der Waals surface area contributed by atoms with E-state index in [9.17, 15) is 4.79 Å². The molecule has 2 heterocycles. The minimum Gasteiger partial charge on any atom is -0.381 e. The molecule has 2 aliphatic heterocycles. The number of nitrogens with two attached hydrogens (primary N) is 1. The van der Waals surface area contributed by atoms with Crippen LogP contribution in [0.25, 0.3) is 0 Å². The molecule has 104 valence electrons. The molecule has 5 heteroatoms. The van der Waals surface area contributed by atoms with Gasteiger partial charge in [-0.3, -0.25) is 9.69 Å². The Morgan fingerprint density at radius 3 is 2.22 bits per heavy atom. The second-order valence-corrected chi connectivity index (χ2v) is 5.69. The van der Waals surface area contributed by atoms with E-state index < -0.39 is 5.54 Å². The zero-order valence-electron chi connectivity index (χ0n) is 11.5. The lowest BCUT2D eigenvalue weighted by Crippen LogP contribution is -2.61. The third kappa shape index (κ3) is 2.84. The molecule has 0 aromatic heterocycles. The second-order valence-electron chi connectivity index (χ2n) is 5.69. The first-order valence-electron chi connectivity index (χ1n) is 6.93. The van der Waals surface area contributed by atoms with Crippen molar-refractivity contribution in [3.05, 3.63) is 0 Å². The number of piperazine rings is 1. The van der Waals surface area contributed by atoms with Crippen molar-refractivity contribution in [1.82, 2.24) is 9.80 Å². The summed E-state index contributed by atoms with van der Waals surface area (Å²) < 4.78 is 5.29. The van der Waals surface area contributed by atoms with E-state index in [1.54, 1.807) is 0 Å². The Kier molecular flexibility index (Phi) is 4.25. The fraction of sp³-hybridized carbons (Fsp3) is 0.923. The summed E-state index contributed by atoms with van der Waals surface area (Å²) in [5, 5.41) is 0. The quantitative estimate of drug-likeness (QED) is 0.757. The van der Waals surface area contributed by atoms with Crippen molar-refractivity contribution in [2.24, 2.45) is 5.73 Å². The highest BCUT2D eigenvalue weighted by Gasteiger charge is 2.39. The van der Waals surface area contributed by atoms with Crippen LogP contribution in [-0.2, 0) is 9.53 Å². The summed E-state index contributed by atoms with van der Waals surface area (Å²) in [5.74, 6) is 0.120. The Balaban J connectivity index is 1.90. The van der Waals surface area contributed by atoms with E-state index in [4.69, 9.17) is 10.5 Å². The van der Waals surface area contributed by atoms with Gasteiger partial charge < -0.3 is 15.4 Å². The maximum Gasteiger partial charge on any atom is 0.242 e. The minimum atomic E-state index is -0.682. The normalized spacial score (nSPS) is 25.4. The lowest BCUT2D eigenvalue weighted by atomic mass is 9.89. The minimum absolute atomic E-state index is 0.120. The molecule has 5 nitrogen and oxygen atoms in total. The first-order valence-corrected chi connectivity index (χ1v) is 6.93. The molecule has 0 spiro atoms. The maximum atomic E-state index is 12.5. The highest BCUT2D eigenvalue weighted by atomic mass is 16.5. The predicted molar refractivity (Wildman–Crippen MR) is 70.3 cm³/mol. The first kappa shape index (κ1) is 13.8. The fourth-order valence-corrected chi connectivity index (χ4v) is 2.71. The fourth-order valence-electron chi connectivity index (χ4n) is 2.71. The average molecular weight is 255 g/mol. The van der Waals surface area contributed by atoms with E-state index >= 15 is 0 Å². The van der Waals surface area contributed by atoms with Gasteiger partial charge in [0.05, 0.1) is 5.54 Å². The van der Waals surface area contributed by atoms with Gasteiger partial charge in [-0.05, 0) is 26.7 Å². The molecule has 0 saturated carbocycles. The van der Waals surface area contributed by atoms with Crippen LogP contribution in [0.1, 0.15) is 26.7 Å². The van der Waals surface area contributed by atoms with Crippen molar-refractivity contribution in [2.45, 2.75) is 38.3 Å². The van der Waals surface area contributed by atoms with Gasteiger partial charge in [-0.25, -0.2) is 0 Å². The van der Waals surface area contributed by atoms with Gasteiger partial charge >= 0.3 is 0 Å². The summed E-state index contributed by atoms with van der Waals surface area (Å²) in [6.45, 7) is 9.11. The predicted octanol–water partition coefficient (Wildman–Crippen LogP) is 0.0469. The summed E-state index contributed by atoms with van der Waals surface area (Å²) in [6.07, 6.45) is 1.30. The molecule has 0 bridgehead atoms. The number of rotatable bonds is 2. The monoisotopic (exact) mass is 255 g/mol. The molecule has 0 aromatic carbocycles. The van der Waals surface area contributed by atoms with Gasteiger partial charge in [-0.15, -0.1) is 0 Å². The lowest BCUT2D eigenvalue weighted by molar-refractivity contribution is -0.142. The van der Waals surface area contributed by atoms with E-state index in [-0.39, 0.29) is 5.91 Å². The molecule has 2 aliphatic rings. The number of hydrogen-bond donors (Lipinski definition) is 1. The number of ether oxygens (including phenoxy) is 1. The van der Waals surface area contributed by atoms with Crippen LogP contribution in [-0.4, -0.2) is 66.7 Å². The van der Waals surface area contributed by atoms with Crippen LogP contribution >= 0.6 is 0 Å². The van der Waals surface area contributed by atoms with Crippen LogP contribution < -0.4 is 5.73 Å². The van der Waals surface area contributed by atoms with Crippen LogP contribution in [0.5, 0.6) is 0 Å². The molecule has 0 atom stereocenters. The molecule has 2 fully saturated rings. The van der Waals surface area contributed by atoms with Crippen LogP contribution in [0.2, 0.25) is 0 Å². The van der Waals surface area contributed by atoms with Crippen LogP contribution in [0, 0.1) is 0 Å². The van der Waals surface area contributed by atoms with Gasteiger partial charge in [0.15, 0.2) is 0 Å². The van der Waals surface area contributed by atoms with Crippen molar-refractivity contribution in [1.29, 1.82) is 0 Å². The Bertz CT molecular complexity index is 293. The van der Waals surface area contributed by atoms with Crippen molar-refractivity contribution in [2.75, 3.05) is 39.4 Å². The number of nitrogens with zero attached hydrogens (tertiary/aromatic N) is 2. The van der Waals surface area contributed by atoms with E-state index in [1.165, 1.54) is 0 Å². The van der Waals surface area contributed by atoms with Crippen LogP contribution in [0.4, 0.5) is 0 Å². The van der Waals surface area contributed by atoms with Gasteiger partial charge in [-0.1, -0.05) is 0 Å². The highest BCUT2D eigenvalue weighted by Crippen LogP contribution is 2.21. The molecule has 0 radical (unpaired) electrons. The second kappa shape index (κ2) is 5.55. The molecule has 18 heavy (non-hydrogen) atoms. The SMILES string of the molecule is CC(C)N1CCN(C(=O)C2(N)CCOCC2)CC1. The third-order valence-electron chi connectivity index (χ3n) is 4.14. The lowest BCUT2D eigenvalue weighted by Gasteiger charge is -2.41. The molecule has 0 aromatic rings. The molecule has 2 rings (SSSR count). The Morgan fingerprint density at radius 2 is 1.72 bits per heavy atom. The van der Waals surface area contributed by atoms with Gasteiger partial charge in [0.2, 0.25) is 5.91 Å². The van der Waals surface area contributed by atoms with Crippen molar-refractivity contribution >= 4 is 5.91 Å². The molecule has 0 aliphatic carbocycles. The Hall–Kier alpha value is -0.650. The van der Waals surface area contributed by atoms with Crippen LogP contribution in [0.15, 0.2) is 0 Å². The number of carbonyl (C=O) groups excluding carboxylic acids is 1. The van der Waals surface area contributed by atoms with Gasteiger partial charge in [0.1, 0.15) is 0 Å². The van der Waals surface area contributed by atoms with E-state index in [1.807, 2.05) is 4.90 Å². The Labute approximate surface area is 109 Å². The largest absolute Gasteiger partial charge is 0.381 e. The van der Waals surface area contributed by atoms with Crippen molar-refractivity contribution in [3.8, 4) is 0 Å². The summed E-state index contributed by atoms with van der Waals surface area (Å²) in [5.41, 5.74) is 5.56. The van der Waals surface area contributed by atoms with Gasteiger partial charge in [-0.2, -0.15) is 0 Å². The Morgan fingerprint density at radius 1 is 1.17 bits per heavy atom. The molecule has 2 N–H and O–H groups in total. The standard InChI is InChI=1S/C13H25N3O2/c1-11(2)15-5-7-16(8-6-15)12(17)13(14)3-9-18-10-4-13/h11H,3-10,14H2,1-2H3. The zero-order chi connectivity index (χ0) is 13.2. The summed E-state index contributed by atoms with van der Waals surface area (Å²) >= 11 is 0. The summed E-state index contributed by atoms with van der Waals surface area (Å²) in [4.78, 5) is 16.8. The van der Waals surface area contributed by atoms with E-state index in [0.29, 0.717) is 32.1 Å². The summed E-state index contributed by atoms with van der Waals surface area (Å²) in [7, 11) is 0. The number of carbonyl (C=O) groups is 1. The highest BCUT2D eigenvalue weighted by molar-refractivity contribution is 5.86. The third-order valence-corrected chi connectivity index (χ3v) is 4.14. The zero-order valence-corrected chi connectivity index (χ0v) is 11.5. The topological polar surface area (TPSA) is 58.8 Å². The van der Waals surface area contributed by atoms with E-state index in [2.05, 4.69) is 18.7 Å². The maximum absolute atomic E-state index is 12.5. The van der Waals surface area contributed by atoms with Crippen LogP contribution in [0.3, 0.4) is 0 Å². The first-order chi connectivity index (χ1) is 8.53. The van der Waals surface area contributed by atoms with Gasteiger partial charge in [0, 0.05) is 45.4 Å². The van der Waals surface area contributed by atoms with Gasteiger partial charge in [0.25, 0.3) is 0 Å². The van der Waals surface area contributed by atoms with E-state index in [0.717, 1.165) is 26.2 Å². The molecule has 0 unspecified atom stereocenters. The number of hydrogen-bond acceptors (Lipinski definition) is 4. The molecule has 1 amide bonds.